The van der Waals surface area contributed by atoms with Crippen LogP contribution in [-0.4, -0.2) is 47.9 Å². The molecule has 0 bridgehead atoms. The van der Waals surface area contributed by atoms with Crippen molar-refractivity contribution in [3.8, 4) is 0 Å². The molecule has 0 saturated carbocycles. The zero-order chi connectivity index (χ0) is 29.5. The highest BCUT2D eigenvalue weighted by Crippen LogP contribution is 2.22. The molecule has 2 N–H and O–H groups in total. The van der Waals surface area contributed by atoms with E-state index in [-0.39, 0.29) is 42.7 Å². The van der Waals surface area contributed by atoms with Crippen molar-refractivity contribution in [2.75, 3.05) is 13.2 Å². The molecule has 0 spiro atoms. The Hall–Kier alpha value is -3.23. The first kappa shape index (κ1) is 32.3. The molecule has 1 aliphatic heterocycles. The third-order valence-electron chi connectivity index (χ3n) is 7.54. The Balaban J connectivity index is 1.56. The van der Waals surface area contributed by atoms with Gasteiger partial charge in [-0.3, -0.25) is 19.2 Å². The molecule has 1 fully saturated rings. The van der Waals surface area contributed by atoms with Gasteiger partial charge in [0, 0.05) is 18.9 Å². The molecular formula is C33H47N3O5. The van der Waals surface area contributed by atoms with Crippen LogP contribution in [0.25, 0.3) is 0 Å². The minimum atomic E-state index is -0.664. The summed E-state index contributed by atoms with van der Waals surface area (Å²) >= 11 is 0. The van der Waals surface area contributed by atoms with Crippen LogP contribution in [0.15, 0.2) is 60.7 Å². The highest BCUT2D eigenvalue weighted by Gasteiger charge is 2.36. The summed E-state index contributed by atoms with van der Waals surface area (Å²) in [6.45, 7) is 7.84. The van der Waals surface area contributed by atoms with Crippen molar-refractivity contribution in [2.45, 2.75) is 91.0 Å². The Labute approximate surface area is 245 Å². The van der Waals surface area contributed by atoms with E-state index in [4.69, 9.17) is 9.57 Å². The molecule has 3 atom stereocenters. The molecule has 1 saturated heterocycles. The van der Waals surface area contributed by atoms with Gasteiger partial charge in [-0.25, -0.2) is 5.48 Å². The highest BCUT2D eigenvalue weighted by molar-refractivity contribution is 5.91. The van der Waals surface area contributed by atoms with Gasteiger partial charge in [0.15, 0.2) is 0 Å². The number of nitrogens with zero attached hydrogens (tertiary/aromatic N) is 1. The standard InChI is InChI=1S/C33H47N3O5/c1-4-5-8-18-28(21-30(37)35-41-23-27-16-11-7-12-17-27)32(38)34-31(25(2)3)33(39)36-20-13-19-29(36)24-40-22-26-14-9-6-10-15-26/h6-7,9-12,14-17,25,28-29,31H,4-5,8,13,18-24H2,1-3H3,(H,34,38)(H,35,37)/t28-,29?,31?/m1/s1. The first-order chi connectivity index (χ1) is 19.9. The summed E-state index contributed by atoms with van der Waals surface area (Å²) in [5.41, 5.74) is 4.52. The number of carbonyl (C=O) groups is 3. The lowest BCUT2D eigenvalue weighted by atomic mass is 9.94. The van der Waals surface area contributed by atoms with Gasteiger partial charge in [-0.15, -0.1) is 0 Å². The predicted octanol–water partition coefficient (Wildman–Crippen LogP) is 5.17. The van der Waals surface area contributed by atoms with Gasteiger partial charge in [-0.05, 0) is 36.3 Å². The van der Waals surface area contributed by atoms with Crippen molar-refractivity contribution in [3.63, 3.8) is 0 Å². The second kappa shape index (κ2) is 17.6. The van der Waals surface area contributed by atoms with Crippen LogP contribution < -0.4 is 10.8 Å². The van der Waals surface area contributed by atoms with Gasteiger partial charge in [-0.2, -0.15) is 0 Å². The summed E-state index contributed by atoms with van der Waals surface area (Å²) in [7, 11) is 0. The van der Waals surface area contributed by atoms with Crippen molar-refractivity contribution < 1.29 is 24.0 Å². The Kier molecular flexibility index (Phi) is 13.8. The van der Waals surface area contributed by atoms with E-state index in [1.807, 2.05) is 79.4 Å². The van der Waals surface area contributed by atoms with Crippen molar-refractivity contribution in [3.05, 3.63) is 71.8 Å². The smallest absolute Gasteiger partial charge is 0.245 e. The molecule has 8 heteroatoms. The third-order valence-corrected chi connectivity index (χ3v) is 7.54. The molecule has 8 nitrogen and oxygen atoms in total. The summed E-state index contributed by atoms with van der Waals surface area (Å²) in [5.74, 6) is -1.33. The van der Waals surface area contributed by atoms with Crippen LogP contribution in [0.4, 0.5) is 0 Å². The summed E-state index contributed by atoms with van der Waals surface area (Å²) in [4.78, 5) is 47.1. The second-order valence-electron chi connectivity index (χ2n) is 11.3. The van der Waals surface area contributed by atoms with Crippen molar-refractivity contribution in [1.82, 2.24) is 15.7 Å². The Morgan fingerprint density at radius 1 is 0.951 bits per heavy atom. The fourth-order valence-electron chi connectivity index (χ4n) is 5.16. The van der Waals surface area contributed by atoms with Gasteiger partial charge in [0.1, 0.15) is 6.04 Å². The van der Waals surface area contributed by atoms with Crippen LogP contribution in [0.2, 0.25) is 0 Å². The van der Waals surface area contributed by atoms with E-state index in [0.29, 0.717) is 26.2 Å². The number of unbranched alkanes of at least 4 members (excludes halogenated alkanes) is 2. The molecule has 0 aliphatic carbocycles. The molecule has 2 unspecified atom stereocenters. The summed E-state index contributed by atoms with van der Waals surface area (Å²) < 4.78 is 5.97. The van der Waals surface area contributed by atoms with Crippen molar-refractivity contribution >= 4 is 17.7 Å². The number of carbonyl (C=O) groups excluding carboxylic acids is 3. The molecule has 0 radical (unpaired) electrons. The average Bonchev–Trinajstić information content (AvgIpc) is 3.44. The molecule has 0 aromatic heterocycles. The number of hydrogen-bond donors (Lipinski definition) is 2. The van der Waals surface area contributed by atoms with Gasteiger partial charge in [0.2, 0.25) is 17.7 Å². The van der Waals surface area contributed by atoms with E-state index < -0.39 is 12.0 Å². The van der Waals surface area contributed by atoms with Gasteiger partial charge in [0.25, 0.3) is 0 Å². The Morgan fingerprint density at radius 3 is 2.24 bits per heavy atom. The monoisotopic (exact) mass is 565 g/mol. The Bertz CT molecular complexity index is 1060. The number of ether oxygens (including phenoxy) is 1. The third kappa shape index (κ3) is 10.9. The quantitative estimate of drug-likeness (QED) is 0.204. The maximum atomic E-state index is 13.7. The molecule has 1 aliphatic rings. The highest BCUT2D eigenvalue weighted by atomic mass is 16.6. The lowest BCUT2D eigenvalue weighted by Crippen LogP contribution is -2.54. The summed E-state index contributed by atoms with van der Waals surface area (Å²) in [6, 6.07) is 18.9. The van der Waals surface area contributed by atoms with Crippen LogP contribution in [0.3, 0.4) is 0 Å². The van der Waals surface area contributed by atoms with Crippen LogP contribution in [0.5, 0.6) is 0 Å². The molecule has 1 heterocycles. The zero-order valence-electron chi connectivity index (χ0n) is 24.8. The molecule has 3 amide bonds. The van der Waals surface area contributed by atoms with E-state index >= 15 is 0 Å². The normalized spacial score (nSPS) is 16.4. The average molecular weight is 566 g/mol. The van der Waals surface area contributed by atoms with Gasteiger partial charge >= 0.3 is 0 Å². The maximum absolute atomic E-state index is 13.7. The minimum Gasteiger partial charge on any atom is -0.375 e. The van der Waals surface area contributed by atoms with Gasteiger partial charge in [0.05, 0.1) is 25.9 Å². The summed E-state index contributed by atoms with van der Waals surface area (Å²) in [6.07, 6.45) is 5.18. The summed E-state index contributed by atoms with van der Waals surface area (Å²) in [5, 5.41) is 3.02. The number of benzene rings is 2. The van der Waals surface area contributed by atoms with Crippen LogP contribution in [0.1, 0.15) is 76.8 Å². The van der Waals surface area contributed by atoms with Crippen LogP contribution in [0, 0.1) is 11.8 Å². The number of hydrogen-bond acceptors (Lipinski definition) is 5. The predicted molar refractivity (Wildman–Crippen MR) is 159 cm³/mol. The molecule has 224 valence electrons. The fourth-order valence-corrected chi connectivity index (χ4v) is 5.16. The van der Waals surface area contributed by atoms with E-state index in [0.717, 1.165) is 43.2 Å². The zero-order valence-corrected chi connectivity index (χ0v) is 24.8. The van der Waals surface area contributed by atoms with E-state index in [2.05, 4.69) is 17.7 Å². The number of hydroxylamine groups is 1. The van der Waals surface area contributed by atoms with Gasteiger partial charge < -0.3 is 15.0 Å². The first-order valence-electron chi connectivity index (χ1n) is 15.1. The molecule has 2 aromatic carbocycles. The largest absolute Gasteiger partial charge is 0.375 e. The van der Waals surface area contributed by atoms with Gasteiger partial charge in [-0.1, -0.05) is 101 Å². The van der Waals surface area contributed by atoms with Crippen LogP contribution >= 0.6 is 0 Å². The Morgan fingerprint density at radius 2 is 1.61 bits per heavy atom. The lowest BCUT2D eigenvalue weighted by Gasteiger charge is -2.32. The minimum absolute atomic E-state index is 0.00298. The second-order valence-corrected chi connectivity index (χ2v) is 11.3. The number of likely N-dealkylation sites (tertiary alicyclic amines) is 1. The van der Waals surface area contributed by atoms with Crippen LogP contribution in [-0.2, 0) is 37.2 Å². The molecule has 2 aromatic rings. The molecule has 41 heavy (non-hydrogen) atoms. The fraction of sp³-hybridized carbons (Fsp3) is 0.545. The topological polar surface area (TPSA) is 97.0 Å². The molecule has 3 rings (SSSR count). The maximum Gasteiger partial charge on any atom is 0.245 e. The number of amides is 3. The van der Waals surface area contributed by atoms with Crippen molar-refractivity contribution in [2.24, 2.45) is 11.8 Å². The molecular weight excluding hydrogens is 518 g/mol. The SMILES string of the molecule is CCCCC[C@H](CC(=O)NOCc1ccccc1)C(=O)NC(C(=O)N1CCCC1COCc1ccccc1)C(C)C. The van der Waals surface area contributed by atoms with E-state index in [1.54, 1.807) is 0 Å². The number of nitrogens with one attached hydrogen (secondary N) is 2. The lowest BCUT2D eigenvalue weighted by molar-refractivity contribution is -0.142. The van der Waals surface area contributed by atoms with E-state index in [1.165, 1.54) is 0 Å². The van der Waals surface area contributed by atoms with Crippen molar-refractivity contribution in [1.29, 1.82) is 0 Å². The van der Waals surface area contributed by atoms with E-state index in [9.17, 15) is 14.4 Å². The first-order valence-corrected chi connectivity index (χ1v) is 15.1. The number of rotatable bonds is 17.